The monoisotopic (exact) mass is 382 g/mol. The van der Waals surface area contributed by atoms with Crippen LogP contribution in [0.5, 0.6) is 5.75 Å². The number of ether oxygens (including phenoxy) is 1. The van der Waals surface area contributed by atoms with Crippen LogP contribution in [-0.2, 0) is 6.54 Å². The highest BCUT2D eigenvalue weighted by atomic mass is 16.5. The normalized spacial score (nSPS) is 10.7. The number of carbonyl (C=O) groups is 1. The highest BCUT2D eigenvalue weighted by molar-refractivity contribution is 6.07. The maximum atomic E-state index is 13.1. The standard InChI is InChI=1S/C25H22N2O2/c1-17-8-13-23-21(14-17)22(25(28)26-16-18-6-4-3-5-7-18)15-24(27-23)19-9-11-20(29-2)12-10-19/h3-15H,16H2,1-2H3,(H,26,28). The van der Waals surface area contributed by atoms with E-state index in [4.69, 9.17) is 9.72 Å². The van der Waals surface area contributed by atoms with E-state index in [0.717, 1.165) is 39.0 Å². The number of hydrogen-bond acceptors (Lipinski definition) is 3. The van der Waals surface area contributed by atoms with Gasteiger partial charge in [-0.15, -0.1) is 0 Å². The molecule has 0 saturated heterocycles. The second kappa shape index (κ2) is 8.15. The minimum absolute atomic E-state index is 0.110. The van der Waals surface area contributed by atoms with Crippen molar-refractivity contribution in [2.75, 3.05) is 7.11 Å². The van der Waals surface area contributed by atoms with E-state index in [1.54, 1.807) is 7.11 Å². The Bertz CT molecular complexity index is 1150. The third-order valence-corrected chi connectivity index (χ3v) is 4.89. The predicted molar refractivity (Wildman–Crippen MR) is 116 cm³/mol. The molecule has 0 aliphatic rings. The van der Waals surface area contributed by atoms with Crippen molar-refractivity contribution in [2.24, 2.45) is 0 Å². The second-order valence-corrected chi connectivity index (χ2v) is 6.97. The van der Waals surface area contributed by atoms with Crippen LogP contribution in [0.3, 0.4) is 0 Å². The molecule has 0 atom stereocenters. The zero-order valence-electron chi connectivity index (χ0n) is 16.5. The molecule has 0 bridgehead atoms. The van der Waals surface area contributed by atoms with Crippen molar-refractivity contribution in [1.82, 2.24) is 10.3 Å². The molecule has 144 valence electrons. The number of carbonyl (C=O) groups excluding carboxylic acids is 1. The number of aromatic nitrogens is 1. The molecule has 0 aliphatic carbocycles. The molecule has 1 N–H and O–H groups in total. The maximum absolute atomic E-state index is 13.1. The molecule has 0 saturated carbocycles. The Morgan fingerprint density at radius 3 is 2.45 bits per heavy atom. The van der Waals surface area contributed by atoms with Crippen molar-refractivity contribution in [1.29, 1.82) is 0 Å². The molecule has 0 unspecified atom stereocenters. The molecule has 4 heteroatoms. The number of methoxy groups -OCH3 is 1. The summed E-state index contributed by atoms with van der Waals surface area (Å²) in [5.41, 5.74) is 5.27. The minimum Gasteiger partial charge on any atom is -0.497 e. The molecule has 4 nitrogen and oxygen atoms in total. The summed E-state index contributed by atoms with van der Waals surface area (Å²) in [6, 6.07) is 25.4. The molecule has 0 spiro atoms. The predicted octanol–water partition coefficient (Wildman–Crippen LogP) is 5.15. The number of fused-ring (bicyclic) bond motifs is 1. The van der Waals surface area contributed by atoms with Gasteiger partial charge in [0.1, 0.15) is 5.75 Å². The van der Waals surface area contributed by atoms with E-state index in [9.17, 15) is 4.79 Å². The van der Waals surface area contributed by atoms with Gasteiger partial charge in [-0.2, -0.15) is 0 Å². The van der Waals surface area contributed by atoms with Crippen LogP contribution in [-0.4, -0.2) is 18.0 Å². The Hall–Kier alpha value is -3.66. The third kappa shape index (κ3) is 4.11. The highest BCUT2D eigenvalue weighted by Crippen LogP contribution is 2.27. The molecule has 0 aliphatic heterocycles. The molecule has 4 aromatic rings. The molecule has 1 aromatic heterocycles. The van der Waals surface area contributed by atoms with Crippen LogP contribution in [0, 0.1) is 6.92 Å². The fraction of sp³-hybridized carbons (Fsp3) is 0.120. The van der Waals surface area contributed by atoms with Gasteiger partial charge >= 0.3 is 0 Å². The number of nitrogens with one attached hydrogen (secondary N) is 1. The van der Waals surface area contributed by atoms with E-state index in [1.165, 1.54) is 0 Å². The van der Waals surface area contributed by atoms with Gasteiger partial charge in [-0.3, -0.25) is 4.79 Å². The van der Waals surface area contributed by atoms with Crippen molar-refractivity contribution in [3.8, 4) is 17.0 Å². The summed E-state index contributed by atoms with van der Waals surface area (Å²) in [7, 11) is 1.64. The first-order chi connectivity index (χ1) is 14.1. The summed E-state index contributed by atoms with van der Waals surface area (Å²) in [5.74, 6) is 0.674. The van der Waals surface area contributed by atoms with Crippen LogP contribution in [0.1, 0.15) is 21.5 Å². The molecule has 29 heavy (non-hydrogen) atoms. The first-order valence-corrected chi connectivity index (χ1v) is 9.52. The molecule has 0 fully saturated rings. The number of hydrogen-bond donors (Lipinski definition) is 1. The van der Waals surface area contributed by atoms with Crippen LogP contribution < -0.4 is 10.1 Å². The summed E-state index contributed by atoms with van der Waals surface area (Å²) < 4.78 is 5.24. The average Bonchev–Trinajstić information content (AvgIpc) is 2.77. The molecule has 1 amide bonds. The lowest BCUT2D eigenvalue weighted by molar-refractivity contribution is 0.0952. The van der Waals surface area contributed by atoms with Gasteiger partial charge in [0.2, 0.25) is 0 Å². The van der Waals surface area contributed by atoms with Crippen molar-refractivity contribution >= 4 is 16.8 Å². The van der Waals surface area contributed by atoms with E-state index in [0.29, 0.717) is 12.1 Å². The van der Waals surface area contributed by atoms with E-state index in [-0.39, 0.29) is 5.91 Å². The van der Waals surface area contributed by atoms with Crippen molar-refractivity contribution in [2.45, 2.75) is 13.5 Å². The van der Waals surface area contributed by atoms with Crippen molar-refractivity contribution in [3.05, 3.63) is 95.6 Å². The Labute approximate surface area is 170 Å². The van der Waals surface area contributed by atoms with Gasteiger partial charge in [0.15, 0.2) is 0 Å². The SMILES string of the molecule is COc1ccc(-c2cc(C(=O)NCc3ccccc3)c3cc(C)ccc3n2)cc1. The number of rotatable bonds is 5. The largest absolute Gasteiger partial charge is 0.497 e. The van der Waals surface area contributed by atoms with Crippen LogP contribution >= 0.6 is 0 Å². The number of nitrogens with zero attached hydrogens (tertiary/aromatic N) is 1. The topological polar surface area (TPSA) is 51.2 Å². The van der Waals surface area contributed by atoms with Gasteiger partial charge in [-0.1, -0.05) is 42.0 Å². The lowest BCUT2D eigenvalue weighted by Crippen LogP contribution is -2.23. The van der Waals surface area contributed by atoms with Gasteiger partial charge in [-0.05, 0) is 55.0 Å². The Morgan fingerprint density at radius 2 is 1.72 bits per heavy atom. The minimum atomic E-state index is -0.110. The van der Waals surface area contributed by atoms with E-state index >= 15 is 0 Å². The Kier molecular flexibility index (Phi) is 5.25. The first-order valence-electron chi connectivity index (χ1n) is 9.52. The third-order valence-electron chi connectivity index (χ3n) is 4.89. The van der Waals surface area contributed by atoms with E-state index in [2.05, 4.69) is 5.32 Å². The second-order valence-electron chi connectivity index (χ2n) is 6.97. The quantitative estimate of drug-likeness (QED) is 0.519. The first kappa shape index (κ1) is 18.7. The number of amides is 1. The molecule has 3 aromatic carbocycles. The lowest BCUT2D eigenvalue weighted by atomic mass is 10.0. The van der Waals surface area contributed by atoms with Gasteiger partial charge < -0.3 is 10.1 Å². The fourth-order valence-corrected chi connectivity index (χ4v) is 3.31. The molecule has 4 rings (SSSR count). The number of aryl methyl sites for hydroxylation is 1. The Morgan fingerprint density at radius 1 is 0.966 bits per heavy atom. The average molecular weight is 382 g/mol. The van der Waals surface area contributed by atoms with Gasteiger partial charge in [0.25, 0.3) is 5.91 Å². The van der Waals surface area contributed by atoms with Gasteiger partial charge in [0, 0.05) is 17.5 Å². The summed E-state index contributed by atoms with van der Waals surface area (Å²) >= 11 is 0. The zero-order chi connectivity index (χ0) is 20.2. The maximum Gasteiger partial charge on any atom is 0.252 e. The summed E-state index contributed by atoms with van der Waals surface area (Å²) in [5, 5.41) is 3.89. The highest BCUT2D eigenvalue weighted by Gasteiger charge is 2.14. The Balaban J connectivity index is 1.73. The summed E-state index contributed by atoms with van der Waals surface area (Å²) in [6.07, 6.45) is 0. The number of benzene rings is 3. The summed E-state index contributed by atoms with van der Waals surface area (Å²) in [6.45, 7) is 2.50. The fourth-order valence-electron chi connectivity index (χ4n) is 3.31. The van der Waals surface area contributed by atoms with Gasteiger partial charge in [-0.25, -0.2) is 4.98 Å². The smallest absolute Gasteiger partial charge is 0.252 e. The van der Waals surface area contributed by atoms with Gasteiger partial charge in [0.05, 0.1) is 23.9 Å². The molecule has 1 heterocycles. The van der Waals surface area contributed by atoms with Crippen LogP contribution in [0.4, 0.5) is 0 Å². The van der Waals surface area contributed by atoms with Crippen LogP contribution in [0.2, 0.25) is 0 Å². The molecule has 0 radical (unpaired) electrons. The molecular formula is C25H22N2O2. The summed E-state index contributed by atoms with van der Waals surface area (Å²) in [4.78, 5) is 17.9. The van der Waals surface area contributed by atoms with Crippen LogP contribution in [0.25, 0.3) is 22.2 Å². The number of pyridine rings is 1. The lowest BCUT2D eigenvalue weighted by Gasteiger charge is -2.12. The van der Waals surface area contributed by atoms with Crippen molar-refractivity contribution < 1.29 is 9.53 Å². The molecular weight excluding hydrogens is 360 g/mol. The van der Waals surface area contributed by atoms with E-state index in [1.807, 2.05) is 85.8 Å². The van der Waals surface area contributed by atoms with E-state index < -0.39 is 0 Å². The van der Waals surface area contributed by atoms with Crippen molar-refractivity contribution in [3.63, 3.8) is 0 Å². The van der Waals surface area contributed by atoms with Crippen LogP contribution in [0.15, 0.2) is 78.9 Å². The zero-order valence-corrected chi connectivity index (χ0v) is 16.5.